The van der Waals surface area contributed by atoms with Crippen LogP contribution in [0.15, 0.2) is 26.0 Å². The van der Waals surface area contributed by atoms with Gasteiger partial charge in [-0.25, -0.2) is 13.1 Å². The van der Waals surface area contributed by atoms with Gasteiger partial charge in [-0.1, -0.05) is 0 Å². The number of aliphatic hydroxyl groups is 1. The van der Waals surface area contributed by atoms with Crippen molar-refractivity contribution in [2.75, 3.05) is 26.0 Å². The first-order valence-electron chi connectivity index (χ1n) is 5.69. The Morgan fingerprint density at radius 3 is 2.45 bits per heavy atom. The van der Waals surface area contributed by atoms with Crippen LogP contribution in [-0.2, 0) is 14.8 Å². The molecule has 20 heavy (non-hydrogen) atoms. The molecule has 1 rings (SSSR count). The van der Waals surface area contributed by atoms with Crippen molar-refractivity contribution in [2.24, 2.45) is 0 Å². The number of anilines is 1. The Morgan fingerprint density at radius 2 is 1.95 bits per heavy atom. The fourth-order valence-electron chi connectivity index (χ4n) is 1.54. The molecular weight excluding hydrogens is 416 g/mol. The van der Waals surface area contributed by atoms with Gasteiger partial charge >= 0.3 is 0 Å². The molecule has 0 fully saturated rings. The zero-order valence-electron chi connectivity index (χ0n) is 10.8. The van der Waals surface area contributed by atoms with E-state index in [0.717, 1.165) is 0 Å². The van der Waals surface area contributed by atoms with Gasteiger partial charge in [0.25, 0.3) is 0 Å². The van der Waals surface area contributed by atoms with Crippen LogP contribution in [0, 0.1) is 0 Å². The molecule has 0 aliphatic carbocycles. The molecular formula is C11H16Br2N2O4S. The van der Waals surface area contributed by atoms with Gasteiger partial charge in [0, 0.05) is 28.3 Å². The molecule has 0 heterocycles. The largest absolute Gasteiger partial charge is 0.399 e. The van der Waals surface area contributed by atoms with Crippen molar-refractivity contribution in [2.45, 2.75) is 17.4 Å². The second-order valence-electron chi connectivity index (χ2n) is 4.11. The maximum Gasteiger partial charge on any atom is 0.242 e. The lowest BCUT2D eigenvalue weighted by atomic mass is 10.3. The summed E-state index contributed by atoms with van der Waals surface area (Å²) in [7, 11) is -2.23. The second kappa shape index (κ2) is 7.71. The van der Waals surface area contributed by atoms with Crippen molar-refractivity contribution in [1.82, 2.24) is 4.72 Å². The Balaban J connectivity index is 2.80. The fourth-order valence-corrected chi connectivity index (χ4v) is 5.21. The summed E-state index contributed by atoms with van der Waals surface area (Å²) in [4.78, 5) is 0.0768. The number of sulfonamides is 1. The Kier molecular flexibility index (Phi) is 6.89. The first-order chi connectivity index (χ1) is 9.27. The molecule has 1 aromatic carbocycles. The van der Waals surface area contributed by atoms with E-state index >= 15 is 0 Å². The summed E-state index contributed by atoms with van der Waals surface area (Å²) in [5, 5.41) is 9.47. The molecule has 1 unspecified atom stereocenters. The monoisotopic (exact) mass is 430 g/mol. The predicted molar refractivity (Wildman–Crippen MR) is 83.9 cm³/mol. The zero-order valence-corrected chi connectivity index (χ0v) is 14.8. The molecule has 114 valence electrons. The number of nitrogens with one attached hydrogen (secondary N) is 1. The molecule has 4 N–H and O–H groups in total. The molecule has 0 radical (unpaired) electrons. The molecule has 6 nitrogen and oxygen atoms in total. The van der Waals surface area contributed by atoms with Gasteiger partial charge < -0.3 is 15.6 Å². The van der Waals surface area contributed by atoms with E-state index in [4.69, 9.17) is 10.5 Å². The molecule has 0 saturated carbocycles. The summed E-state index contributed by atoms with van der Waals surface area (Å²) in [5.74, 6) is 0. The fraction of sp³-hybridized carbons (Fsp3) is 0.455. The number of ether oxygens (including phenoxy) is 1. The summed E-state index contributed by atoms with van der Waals surface area (Å²) in [6.45, 7) is 0.271. The summed E-state index contributed by atoms with van der Waals surface area (Å²) >= 11 is 6.36. The summed E-state index contributed by atoms with van der Waals surface area (Å²) < 4.78 is 32.3. The smallest absolute Gasteiger partial charge is 0.242 e. The number of hydrogen-bond acceptors (Lipinski definition) is 5. The lowest BCUT2D eigenvalue weighted by molar-refractivity contribution is 0.0603. The molecule has 0 saturated heterocycles. The highest BCUT2D eigenvalue weighted by Gasteiger charge is 2.21. The standard InChI is InChI=1S/C11H16Br2N2O4S/c1-19-6-8(16)2-3-15-20(17,18)11-9(12)4-7(14)5-10(11)13/h4-5,8,15-16H,2-3,6,14H2,1H3. The van der Waals surface area contributed by atoms with Crippen LogP contribution in [0.3, 0.4) is 0 Å². The van der Waals surface area contributed by atoms with Crippen LogP contribution in [0.5, 0.6) is 0 Å². The molecule has 0 spiro atoms. The molecule has 0 aliphatic rings. The van der Waals surface area contributed by atoms with Crippen LogP contribution in [0.4, 0.5) is 5.69 Å². The molecule has 9 heteroatoms. The van der Waals surface area contributed by atoms with E-state index in [0.29, 0.717) is 14.6 Å². The van der Waals surface area contributed by atoms with Crippen molar-refractivity contribution < 1.29 is 18.3 Å². The van der Waals surface area contributed by atoms with Crippen LogP contribution in [-0.4, -0.2) is 39.9 Å². The Hall–Kier alpha value is -0.190. The van der Waals surface area contributed by atoms with E-state index in [9.17, 15) is 13.5 Å². The van der Waals surface area contributed by atoms with Crippen LogP contribution in [0.1, 0.15) is 6.42 Å². The van der Waals surface area contributed by atoms with Gasteiger partial charge in [0.05, 0.1) is 12.7 Å². The van der Waals surface area contributed by atoms with Crippen LogP contribution < -0.4 is 10.5 Å². The first-order valence-corrected chi connectivity index (χ1v) is 8.76. The van der Waals surface area contributed by atoms with E-state index in [1.807, 2.05) is 0 Å². The van der Waals surface area contributed by atoms with Crippen LogP contribution >= 0.6 is 31.9 Å². The van der Waals surface area contributed by atoms with Crippen LogP contribution in [0.25, 0.3) is 0 Å². The number of halogens is 2. The van der Waals surface area contributed by atoms with Gasteiger partial charge in [-0.2, -0.15) is 0 Å². The number of benzene rings is 1. The molecule has 0 aromatic heterocycles. The third-order valence-corrected chi connectivity index (χ3v) is 5.76. The summed E-state index contributed by atoms with van der Waals surface area (Å²) in [5.41, 5.74) is 6.07. The van der Waals surface area contributed by atoms with Crippen LogP contribution in [0.2, 0.25) is 0 Å². The summed E-state index contributed by atoms with van der Waals surface area (Å²) in [6, 6.07) is 3.03. The third kappa shape index (κ3) is 4.97. The maximum atomic E-state index is 12.2. The molecule has 0 aliphatic heterocycles. The Labute approximate surface area is 135 Å². The lowest BCUT2D eigenvalue weighted by Gasteiger charge is -2.13. The number of nitrogen functional groups attached to an aromatic ring is 1. The van der Waals surface area contributed by atoms with Gasteiger partial charge in [0.1, 0.15) is 4.90 Å². The van der Waals surface area contributed by atoms with E-state index in [1.54, 1.807) is 0 Å². The number of aliphatic hydroxyl groups excluding tert-OH is 1. The topological polar surface area (TPSA) is 102 Å². The number of hydrogen-bond donors (Lipinski definition) is 3. The van der Waals surface area contributed by atoms with Gasteiger partial charge in [0.2, 0.25) is 10.0 Å². The quantitative estimate of drug-likeness (QED) is 0.567. The molecule has 1 aromatic rings. The normalized spacial score (nSPS) is 13.4. The highest BCUT2D eigenvalue weighted by Crippen LogP contribution is 2.32. The van der Waals surface area contributed by atoms with Gasteiger partial charge in [-0.15, -0.1) is 0 Å². The zero-order chi connectivity index (χ0) is 15.3. The maximum absolute atomic E-state index is 12.2. The van der Waals surface area contributed by atoms with Gasteiger partial charge in [0.15, 0.2) is 0 Å². The van der Waals surface area contributed by atoms with E-state index in [-0.39, 0.29) is 24.5 Å². The Bertz CT molecular complexity index is 543. The molecule has 0 bridgehead atoms. The average molecular weight is 432 g/mol. The van der Waals surface area contributed by atoms with Crippen molar-refractivity contribution in [3.63, 3.8) is 0 Å². The van der Waals surface area contributed by atoms with Gasteiger partial charge in [-0.3, -0.25) is 0 Å². The minimum Gasteiger partial charge on any atom is -0.399 e. The second-order valence-corrected chi connectivity index (χ2v) is 7.52. The van der Waals surface area contributed by atoms with Crippen molar-refractivity contribution in [1.29, 1.82) is 0 Å². The average Bonchev–Trinajstić information content (AvgIpc) is 2.26. The van der Waals surface area contributed by atoms with Crippen molar-refractivity contribution >= 4 is 47.6 Å². The van der Waals surface area contributed by atoms with E-state index in [2.05, 4.69) is 36.6 Å². The van der Waals surface area contributed by atoms with Crippen molar-refractivity contribution in [3.05, 3.63) is 21.1 Å². The third-order valence-electron chi connectivity index (χ3n) is 2.42. The molecule has 0 amide bonds. The highest BCUT2D eigenvalue weighted by molar-refractivity contribution is 9.11. The number of nitrogens with two attached hydrogens (primary N) is 1. The highest BCUT2D eigenvalue weighted by atomic mass is 79.9. The first kappa shape index (κ1) is 17.9. The predicted octanol–water partition coefficient (Wildman–Crippen LogP) is 1.47. The summed E-state index contributed by atoms with van der Waals surface area (Å²) in [6.07, 6.45) is -0.446. The lowest BCUT2D eigenvalue weighted by Crippen LogP contribution is -2.29. The van der Waals surface area contributed by atoms with E-state index < -0.39 is 16.1 Å². The van der Waals surface area contributed by atoms with E-state index in [1.165, 1.54) is 19.2 Å². The molecule has 1 atom stereocenters. The number of methoxy groups -OCH3 is 1. The minimum atomic E-state index is -3.70. The SMILES string of the molecule is COCC(O)CCNS(=O)(=O)c1c(Br)cc(N)cc1Br. The Morgan fingerprint density at radius 1 is 1.40 bits per heavy atom. The number of rotatable bonds is 7. The minimum absolute atomic E-state index is 0.0768. The van der Waals surface area contributed by atoms with Crippen molar-refractivity contribution in [3.8, 4) is 0 Å². The van der Waals surface area contributed by atoms with Gasteiger partial charge in [-0.05, 0) is 50.4 Å².